The van der Waals surface area contributed by atoms with E-state index in [-0.39, 0.29) is 11.7 Å². The summed E-state index contributed by atoms with van der Waals surface area (Å²) in [5.41, 5.74) is -0.384. The fourth-order valence-corrected chi connectivity index (χ4v) is 4.08. The number of carbonyl (C=O) groups is 1. The Balaban J connectivity index is 0.000000293. The third kappa shape index (κ3) is 9.51. The number of nitrogens with zero attached hydrogens (tertiary/aromatic N) is 1. The van der Waals surface area contributed by atoms with E-state index >= 15 is 0 Å². The average molecular weight is 354 g/mol. The van der Waals surface area contributed by atoms with Gasteiger partial charge in [-0.05, 0) is 52.4 Å². The zero-order valence-corrected chi connectivity index (χ0v) is 17.6. The molecule has 3 heteroatoms. The minimum Gasteiger partial charge on any atom is -0.444 e. The lowest BCUT2D eigenvalue weighted by molar-refractivity contribution is 0.00881. The zero-order valence-electron chi connectivity index (χ0n) is 17.6. The molecule has 2 aliphatic rings. The summed E-state index contributed by atoms with van der Waals surface area (Å²) >= 11 is 0. The molecule has 1 amide bonds. The van der Waals surface area contributed by atoms with Gasteiger partial charge in [0.05, 0.1) is 0 Å². The number of rotatable bonds is 4. The normalized spacial score (nSPS) is 22.1. The summed E-state index contributed by atoms with van der Waals surface area (Å²) in [6, 6.07) is 0.397. The molecule has 1 saturated heterocycles. The van der Waals surface area contributed by atoms with Gasteiger partial charge < -0.3 is 9.64 Å². The second kappa shape index (κ2) is 11.8. The third-order valence-electron chi connectivity index (χ3n) is 5.30. The van der Waals surface area contributed by atoms with E-state index in [2.05, 4.69) is 13.8 Å². The van der Waals surface area contributed by atoms with Gasteiger partial charge in [0.25, 0.3) is 0 Å². The van der Waals surface area contributed by atoms with Crippen molar-refractivity contribution in [3.63, 3.8) is 0 Å². The van der Waals surface area contributed by atoms with Gasteiger partial charge in [-0.2, -0.15) is 0 Å². The standard InChI is InChI=1S/C13H25NO2.C9H18/c1-5-8-11-9-6-7-10-14(11)12(15)16-13(2,3)4;1-2-6-9-7-4-3-5-8-9/h11H,5-10H2,1-4H3;9H,2-8H2,1H3/t11-;/m1./s1. The highest BCUT2D eigenvalue weighted by atomic mass is 16.6. The fraction of sp³-hybridized carbons (Fsp3) is 0.955. The van der Waals surface area contributed by atoms with E-state index < -0.39 is 0 Å². The molecular formula is C22H43NO2. The second-order valence-electron chi connectivity index (χ2n) is 8.90. The van der Waals surface area contributed by atoms with Gasteiger partial charge in [-0.15, -0.1) is 0 Å². The van der Waals surface area contributed by atoms with Crippen LogP contribution in [0.5, 0.6) is 0 Å². The number of hydrogen-bond donors (Lipinski definition) is 0. The maximum atomic E-state index is 12.0. The van der Waals surface area contributed by atoms with Crippen LogP contribution in [0.15, 0.2) is 0 Å². The Morgan fingerprint density at radius 1 is 0.920 bits per heavy atom. The molecule has 0 bridgehead atoms. The van der Waals surface area contributed by atoms with Crippen molar-refractivity contribution < 1.29 is 9.53 Å². The summed E-state index contributed by atoms with van der Waals surface area (Å²) in [6.45, 7) is 11.1. The van der Waals surface area contributed by atoms with Crippen molar-refractivity contribution in [3.8, 4) is 0 Å². The Kier molecular flexibility index (Phi) is 10.5. The largest absolute Gasteiger partial charge is 0.444 e. The van der Waals surface area contributed by atoms with Crippen LogP contribution in [0.3, 0.4) is 0 Å². The maximum Gasteiger partial charge on any atom is 0.410 e. The molecule has 2 rings (SSSR count). The lowest BCUT2D eigenvalue weighted by Gasteiger charge is -2.36. The smallest absolute Gasteiger partial charge is 0.410 e. The molecule has 0 aromatic rings. The molecule has 0 N–H and O–H groups in total. The predicted molar refractivity (Wildman–Crippen MR) is 107 cm³/mol. The minimum absolute atomic E-state index is 0.134. The molecule has 1 aliphatic heterocycles. The lowest BCUT2D eigenvalue weighted by Crippen LogP contribution is -2.46. The van der Waals surface area contributed by atoms with Crippen LogP contribution in [0.25, 0.3) is 0 Å². The predicted octanol–water partition coefficient (Wildman–Crippen LogP) is 6.94. The minimum atomic E-state index is -0.384. The lowest BCUT2D eigenvalue weighted by atomic mass is 9.86. The van der Waals surface area contributed by atoms with Crippen molar-refractivity contribution in [2.24, 2.45) is 5.92 Å². The maximum absolute atomic E-state index is 12.0. The van der Waals surface area contributed by atoms with E-state index in [1.165, 1.54) is 51.4 Å². The Morgan fingerprint density at radius 3 is 2.08 bits per heavy atom. The monoisotopic (exact) mass is 353 g/mol. The molecule has 0 aromatic carbocycles. The van der Waals surface area contributed by atoms with E-state index in [1.807, 2.05) is 25.7 Å². The van der Waals surface area contributed by atoms with Gasteiger partial charge in [0.15, 0.2) is 0 Å². The molecule has 0 aromatic heterocycles. The van der Waals surface area contributed by atoms with Crippen LogP contribution in [-0.2, 0) is 4.74 Å². The molecule has 3 nitrogen and oxygen atoms in total. The molecule has 2 fully saturated rings. The number of amides is 1. The van der Waals surface area contributed by atoms with Crippen molar-refractivity contribution >= 4 is 6.09 Å². The summed E-state index contributed by atoms with van der Waals surface area (Å²) in [7, 11) is 0. The number of hydrogen-bond acceptors (Lipinski definition) is 2. The molecule has 1 atom stereocenters. The summed E-state index contributed by atoms with van der Waals surface area (Å²) in [6.07, 6.45) is 16.0. The van der Waals surface area contributed by atoms with Gasteiger partial charge in [-0.1, -0.05) is 65.2 Å². The highest BCUT2D eigenvalue weighted by Gasteiger charge is 2.29. The Morgan fingerprint density at radius 2 is 1.52 bits per heavy atom. The third-order valence-corrected chi connectivity index (χ3v) is 5.30. The van der Waals surface area contributed by atoms with E-state index in [9.17, 15) is 4.79 Å². The first-order chi connectivity index (χ1) is 11.9. The van der Waals surface area contributed by atoms with Crippen LogP contribution >= 0.6 is 0 Å². The first-order valence-electron chi connectivity index (χ1n) is 10.9. The van der Waals surface area contributed by atoms with Crippen LogP contribution in [0.4, 0.5) is 4.79 Å². The van der Waals surface area contributed by atoms with Gasteiger partial charge in [0.1, 0.15) is 5.60 Å². The Hall–Kier alpha value is -0.730. The van der Waals surface area contributed by atoms with Gasteiger partial charge in [-0.3, -0.25) is 0 Å². The van der Waals surface area contributed by atoms with Gasteiger partial charge >= 0.3 is 6.09 Å². The van der Waals surface area contributed by atoms with Crippen LogP contribution < -0.4 is 0 Å². The van der Waals surface area contributed by atoms with E-state index in [0.29, 0.717) is 6.04 Å². The van der Waals surface area contributed by atoms with Gasteiger partial charge in [0.2, 0.25) is 0 Å². The van der Waals surface area contributed by atoms with Crippen LogP contribution in [0, 0.1) is 5.92 Å². The molecule has 0 radical (unpaired) electrons. The molecular weight excluding hydrogens is 310 g/mol. The van der Waals surface area contributed by atoms with Crippen LogP contribution in [0.1, 0.15) is 112 Å². The highest BCUT2D eigenvalue weighted by Crippen LogP contribution is 2.27. The summed E-state index contributed by atoms with van der Waals surface area (Å²) in [5.74, 6) is 1.10. The van der Waals surface area contributed by atoms with Crippen LogP contribution in [-0.4, -0.2) is 29.2 Å². The Bertz CT molecular complexity index is 351. The number of piperidine rings is 1. The molecule has 1 heterocycles. The Labute approximate surface area is 156 Å². The molecule has 25 heavy (non-hydrogen) atoms. The molecule has 148 valence electrons. The molecule has 1 saturated carbocycles. The van der Waals surface area contributed by atoms with Crippen molar-refractivity contribution in [1.29, 1.82) is 0 Å². The first-order valence-corrected chi connectivity index (χ1v) is 10.9. The molecule has 1 aliphatic carbocycles. The van der Waals surface area contributed by atoms with E-state index in [1.54, 1.807) is 0 Å². The zero-order chi connectivity index (χ0) is 18.7. The molecule has 0 unspecified atom stereocenters. The average Bonchev–Trinajstić information content (AvgIpc) is 2.56. The van der Waals surface area contributed by atoms with E-state index in [0.717, 1.165) is 38.1 Å². The van der Waals surface area contributed by atoms with E-state index in [4.69, 9.17) is 4.74 Å². The van der Waals surface area contributed by atoms with Crippen molar-refractivity contribution in [1.82, 2.24) is 4.90 Å². The first kappa shape index (κ1) is 22.3. The fourth-order valence-electron chi connectivity index (χ4n) is 4.08. The van der Waals surface area contributed by atoms with Crippen molar-refractivity contribution in [2.75, 3.05) is 6.54 Å². The number of carbonyl (C=O) groups excluding carboxylic acids is 1. The quantitative estimate of drug-likeness (QED) is 0.547. The number of likely N-dealkylation sites (tertiary alicyclic amines) is 1. The summed E-state index contributed by atoms with van der Waals surface area (Å²) < 4.78 is 5.44. The van der Waals surface area contributed by atoms with Gasteiger partial charge in [-0.25, -0.2) is 4.79 Å². The van der Waals surface area contributed by atoms with Gasteiger partial charge in [0, 0.05) is 12.6 Å². The highest BCUT2D eigenvalue weighted by molar-refractivity contribution is 5.68. The van der Waals surface area contributed by atoms with Crippen LogP contribution in [0.2, 0.25) is 0 Å². The number of ether oxygens (including phenoxy) is 1. The summed E-state index contributed by atoms with van der Waals surface area (Å²) in [4.78, 5) is 13.9. The van der Waals surface area contributed by atoms with Crippen molar-refractivity contribution in [3.05, 3.63) is 0 Å². The van der Waals surface area contributed by atoms with Crippen molar-refractivity contribution in [2.45, 2.75) is 123 Å². The topological polar surface area (TPSA) is 29.5 Å². The second-order valence-corrected chi connectivity index (χ2v) is 8.90. The summed E-state index contributed by atoms with van der Waals surface area (Å²) in [5, 5.41) is 0. The SMILES string of the molecule is CCCC1CCCCC1.CCC[C@@H]1CCCCN1C(=O)OC(C)(C)C. The molecule has 0 spiro atoms.